The van der Waals surface area contributed by atoms with Crippen molar-refractivity contribution in [3.8, 4) is 0 Å². The Hall–Kier alpha value is -1.17. The van der Waals surface area contributed by atoms with Gasteiger partial charge in [-0.15, -0.1) is 0 Å². The van der Waals surface area contributed by atoms with Crippen LogP contribution in [0.2, 0.25) is 5.02 Å². The summed E-state index contributed by atoms with van der Waals surface area (Å²) in [5.74, 6) is 0. The summed E-state index contributed by atoms with van der Waals surface area (Å²) in [6.07, 6.45) is 2.27. The Bertz CT molecular complexity index is 449. The molecule has 0 radical (unpaired) electrons. The first-order chi connectivity index (χ1) is 8.61. The third-order valence-electron chi connectivity index (χ3n) is 3.04. The maximum Gasteiger partial charge on any atom is 0.288 e. The van der Waals surface area contributed by atoms with Gasteiger partial charge >= 0.3 is 0 Å². The molecule has 0 aliphatic heterocycles. The second kappa shape index (κ2) is 5.65. The van der Waals surface area contributed by atoms with Gasteiger partial charge in [0.25, 0.3) is 5.69 Å². The molecular weight excluding hydrogens is 256 g/mol. The Labute approximate surface area is 110 Å². The lowest BCUT2D eigenvalue weighted by Crippen LogP contribution is -2.28. The summed E-state index contributed by atoms with van der Waals surface area (Å²) in [4.78, 5) is 12.5. The van der Waals surface area contributed by atoms with Gasteiger partial charge in [-0.25, -0.2) is 0 Å². The summed E-state index contributed by atoms with van der Waals surface area (Å²) in [6, 6.07) is 5.36. The molecule has 1 aromatic rings. The normalized spacial score (nSPS) is 15.1. The van der Waals surface area contributed by atoms with E-state index in [0.717, 1.165) is 18.4 Å². The second-order valence-corrected chi connectivity index (χ2v) is 4.88. The number of benzene rings is 1. The second-order valence-electron chi connectivity index (χ2n) is 4.47. The molecule has 0 bridgehead atoms. The smallest absolute Gasteiger partial charge is 0.288 e. The predicted octanol–water partition coefficient (Wildman–Crippen LogP) is 2.20. The lowest BCUT2D eigenvalue weighted by molar-refractivity contribution is -0.384. The Morgan fingerprint density at radius 2 is 2.22 bits per heavy atom. The van der Waals surface area contributed by atoms with Gasteiger partial charge in [0, 0.05) is 25.2 Å². The van der Waals surface area contributed by atoms with E-state index in [9.17, 15) is 10.1 Å². The summed E-state index contributed by atoms with van der Waals surface area (Å²) < 4.78 is 0. The van der Waals surface area contributed by atoms with Crippen LogP contribution < -0.4 is 0 Å². The zero-order chi connectivity index (χ0) is 13.1. The quantitative estimate of drug-likeness (QED) is 0.636. The van der Waals surface area contributed by atoms with Crippen LogP contribution in [-0.4, -0.2) is 34.1 Å². The van der Waals surface area contributed by atoms with Crippen LogP contribution in [0.3, 0.4) is 0 Å². The van der Waals surface area contributed by atoms with E-state index in [-0.39, 0.29) is 17.3 Å². The minimum Gasteiger partial charge on any atom is -0.395 e. The molecule has 0 spiro atoms. The van der Waals surface area contributed by atoms with Crippen LogP contribution in [0.25, 0.3) is 0 Å². The SMILES string of the molecule is O=[N+]([O-])c1cc(CN(CCO)C2CC2)ccc1Cl. The van der Waals surface area contributed by atoms with Crippen molar-refractivity contribution in [1.29, 1.82) is 0 Å². The maximum atomic E-state index is 10.8. The van der Waals surface area contributed by atoms with E-state index in [4.69, 9.17) is 16.7 Å². The molecule has 1 fully saturated rings. The fourth-order valence-corrected chi connectivity index (χ4v) is 2.18. The van der Waals surface area contributed by atoms with Crippen LogP contribution in [0, 0.1) is 10.1 Å². The van der Waals surface area contributed by atoms with E-state index < -0.39 is 4.92 Å². The highest BCUT2D eigenvalue weighted by atomic mass is 35.5. The van der Waals surface area contributed by atoms with Crippen molar-refractivity contribution in [2.75, 3.05) is 13.2 Å². The fraction of sp³-hybridized carbons (Fsp3) is 0.500. The van der Waals surface area contributed by atoms with E-state index in [1.54, 1.807) is 12.1 Å². The summed E-state index contributed by atoms with van der Waals surface area (Å²) in [6.45, 7) is 1.32. The van der Waals surface area contributed by atoms with E-state index in [0.29, 0.717) is 19.1 Å². The maximum absolute atomic E-state index is 10.8. The van der Waals surface area contributed by atoms with Crippen LogP contribution in [-0.2, 0) is 6.54 Å². The first kappa shape index (κ1) is 13.3. The third-order valence-corrected chi connectivity index (χ3v) is 3.36. The Morgan fingerprint density at radius 3 is 2.78 bits per heavy atom. The summed E-state index contributed by atoms with van der Waals surface area (Å²) in [5.41, 5.74) is 0.792. The number of aliphatic hydroxyl groups excluding tert-OH is 1. The number of rotatable bonds is 6. The van der Waals surface area contributed by atoms with E-state index >= 15 is 0 Å². The molecule has 98 valence electrons. The van der Waals surface area contributed by atoms with Gasteiger partial charge < -0.3 is 5.11 Å². The molecule has 5 nitrogen and oxygen atoms in total. The zero-order valence-electron chi connectivity index (χ0n) is 9.88. The van der Waals surface area contributed by atoms with Gasteiger partial charge in [-0.05, 0) is 24.5 Å². The molecule has 1 aromatic carbocycles. The van der Waals surface area contributed by atoms with Crippen molar-refractivity contribution < 1.29 is 10.0 Å². The van der Waals surface area contributed by atoms with Crippen molar-refractivity contribution in [3.05, 3.63) is 38.9 Å². The number of hydrogen-bond acceptors (Lipinski definition) is 4. The fourth-order valence-electron chi connectivity index (χ4n) is 1.99. The molecule has 0 aromatic heterocycles. The van der Waals surface area contributed by atoms with Gasteiger partial charge in [0.1, 0.15) is 5.02 Å². The van der Waals surface area contributed by atoms with Crippen LogP contribution in [0.4, 0.5) is 5.69 Å². The van der Waals surface area contributed by atoms with Gasteiger partial charge in [0.05, 0.1) is 11.5 Å². The number of nitrogens with zero attached hydrogens (tertiary/aromatic N) is 2. The summed E-state index contributed by atoms with van der Waals surface area (Å²) in [7, 11) is 0. The van der Waals surface area contributed by atoms with Gasteiger partial charge in [-0.1, -0.05) is 17.7 Å². The molecule has 0 heterocycles. The first-order valence-electron chi connectivity index (χ1n) is 5.89. The zero-order valence-corrected chi connectivity index (χ0v) is 10.6. The first-order valence-corrected chi connectivity index (χ1v) is 6.27. The van der Waals surface area contributed by atoms with Crippen molar-refractivity contribution in [2.24, 2.45) is 0 Å². The standard InChI is InChI=1S/C12H15ClN2O3/c13-11-4-1-9(7-12(11)15(17)18)8-14(5-6-16)10-2-3-10/h1,4,7,10,16H,2-3,5-6,8H2. The van der Waals surface area contributed by atoms with Crippen molar-refractivity contribution in [2.45, 2.75) is 25.4 Å². The number of aliphatic hydroxyl groups is 1. The molecule has 0 amide bonds. The number of halogens is 1. The average Bonchev–Trinajstić information content (AvgIpc) is 3.14. The molecular formula is C12H15ClN2O3. The summed E-state index contributed by atoms with van der Waals surface area (Å²) >= 11 is 5.77. The van der Waals surface area contributed by atoms with Crippen molar-refractivity contribution in [3.63, 3.8) is 0 Å². The highest BCUT2D eigenvalue weighted by Gasteiger charge is 2.28. The molecule has 0 atom stereocenters. The molecule has 1 aliphatic carbocycles. The number of nitro benzene ring substituents is 1. The topological polar surface area (TPSA) is 66.6 Å². The molecule has 1 aliphatic rings. The van der Waals surface area contributed by atoms with E-state index in [1.165, 1.54) is 6.07 Å². The third kappa shape index (κ3) is 3.19. The van der Waals surface area contributed by atoms with Gasteiger partial charge in [0.15, 0.2) is 0 Å². The van der Waals surface area contributed by atoms with E-state index in [1.807, 2.05) is 0 Å². The monoisotopic (exact) mass is 270 g/mol. The van der Waals surface area contributed by atoms with Crippen LogP contribution >= 0.6 is 11.6 Å². The Balaban J connectivity index is 2.12. The van der Waals surface area contributed by atoms with Crippen molar-refractivity contribution >= 4 is 17.3 Å². The van der Waals surface area contributed by atoms with Crippen molar-refractivity contribution in [1.82, 2.24) is 4.90 Å². The number of hydrogen-bond donors (Lipinski definition) is 1. The lowest BCUT2D eigenvalue weighted by Gasteiger charge is -2.20. The molecule has 0 saturated heterocycles. The molecule has 6 heteroatoms. The van der Waals surface area contributed by atoms with Gasteiger partial charge in [-0.3, -0.25) is 15.0 Å². The van der Waals surface area contributed by atoms with Crippen LogP contribution in [0.5, 0.6) is 0 Å². The van der Waals surface area contributed by atoms with Crippen LogP contribution in [0.1, 0.15) is 18.4 Å². The van der Waals surface area contributed by atoms with Gasteiger partial charge in [0.2, 0.25) is 0 Å². The highest BCUT2D eigenvalue weighted by molar-refractivity contribution is 6.32. The minimum absolute atomic E-state index is 0.0612. The highest BCUT2D eigenvalue weighted by Crippen LogP contribution is 2.30. The molecule has 18 heavy (non-hydrogen) atoms. The number of nitro groups is 1. The van der Waals surface area contributed by atoms with E-state index in [2.05, 4.69) is 4.90 Å². The molecule has 2 rings (SSSR count). The molecule has 0 unspecified atom stereocenters. The lowest BCUT2D eigenvalue weighted by atomic mass is 10.2. The molecule has 1 N–H and O–H groups in total. The van der Waals surface area contributed by atoms with Crippen LogP contribution in [0.15, 0.2) is 18.2 Å². The largest absolute Gasteiger partial charge is 0.395 e. The minimum atomic E-state index is -0.473. The Morgan fingerprint density at radius 1 is 1.50 bits per heavy atom. The Kier molecular flexibility index (Phi) is 4.16. The summed E-state index contributed by atoms with van der Waals surface area (Å²) in [5, 5.41) is 20.0. The average molecular weight is 271 g/mol. The van der Waals surface area contributed by atoms with Gasteiger partial charge in [-0.2, -0.15) is 0 Å². The predicted molar refractivity (Wildman–Crippen MR) is 68.6 cm³/mol. The molecule has 1 saturated carbocycles.